The molecule has 0 bridgehead atoms. The minimum absolute atomic E-state index is 0.00647. The molecule has 0 aliphatic heterocycles. The number of aliphatic hydroxyl groups excluding tert-OH is 1. The van der Waals surface area contributed by atoms with Crippen molar-refractivity contribution in [2.45, 2.75) is 104 Å². The van der Waals surface area contributed by atoms with Gasteiger partial charge < -0.3 is 19.0 Å². The number of ether oxygens (including phenoxy) is 2. The van der Waals surface area contributed by atoms with Crippen LogP contribution >= 0.6 is 0 Å². The molecule has 2 aromatic rings. The minimum Gasteiger partial charge on any atom is -0.460 e. The SMILES string of the molecule is CO[C@](C)(C[C@@H](C)CO[Si](c1ccccc1)(c1ccccc1)C(C)(C)C)[C@@H](O)C(C)(C)C(=O)CC(=O)OC(C)(C)C. The Morgan fingerprint density at radius 2 is 1.29 bits per heavy atom. The maximum atomic E-state index is 13.2. The van der Waals surface area contributed by atoms with Gasteiger partial charge in [0, 0.05) is 13.7 Å². The van der Waals surface area contributed by atoms with Gasteiger partial charge in [0.25, 0.3) is 8.32 Å². The molecule has 1 N–H and O–H groups in total. The summed E-state index contributed by atoms with van der Waals surface area (Å²) in [7, 11) is -1.18. The minimum atomic E-state index is -2.73. The van der Waals surface area contributed by atoms with Crippen LogP contribution in [0, 0.1) is 11.3 Å². The molecule has 0 aromatic heterocycles. The van der Waals surface area contributed by atoms with Crippen LogP contribution in [0.1, 0.15) is 82.1 Å². The Kier molecular flexibility index (Phi) is 11.3. The van der Waals surface area contributed by atoms with Crippen molar-refractivity contribution in [2.24, 2.45) is 11.3 Å². The lowest BCUT2D eigenvalue weighted by atomic mass is 9.71. The Labute approximate surface area is 248 Å². The maximum Gasteiger partial charge on any atom is 0.313 e. The summed E-state index contributed by atoms with van der Waals surface area (Å²) in [6.45, 7) is 19.7. The molecule has 0 aliphatic carbocycles. The first kappa shape index (κ1) is 34.9. The topological polar surface area (TPSA) is 82.1 Å². The summed E-state index contributed by atoms with van der Waals surface area (Å²) in [5, 5.41) is 13.8. The summed E-state index contributed by atoms with van der Waals surface area (Å²) in [5.41, 5.74) is -2.98. The second kappa shape index (κ2) is 13.3. The molecule has 6 nitrogen and oxygen atoms in total. The van der Waals surface area contributed by atoms with Crippen molar-refractivity contribution >= 4 is 30.4 Å². The van der Waals surface area contributed by atoms with Crippen LogP contribution in [0.5, 0.6) is 0 Å². The largest absolute Gasteiger partial charge is 0.460 e. The molecule has 0 heterocycles. The molecule has 3 atom stereocenters. The number of aliphatic hydroxyl groups is 1. The summed E-state index contributed by atoms with van der Waals surface area (Å²) in [6.07, 6.45) is -1.12. The van der Waals surface area contributed by atoms with Gasteiger partial charge in [0.1, 0.15) is 12.0 Å². The molecule has 0 aliphatic rings. The van der Waals surface area contributed by atoms with E-state index in [1.807, 2.05) is 19.1 Å². The first-order chi connectivity index (χ1) is 18.8. The van der Waals surface area contributed by atoms with Crippen LogP contribution in [0.3, 0.4) is 0 Å². The zero-order valence-electron chi connectivity index (χ0n) is 27.0. The number of hydrogen-bond donors (Lipinski definition) is 1. The molecule has 0 spiro atoms. The van der Waals surface area contributed by atoms with Gasteiger partial charge in [0.05, 0.1) is 17.1 Å². The lowest BCUT2D eigenvalue weighted by Crippen LogP contribution is -2.67. The van der Waals surface area contributed by atoms with E-state index in [1.165, 1.54) is 10.4 Å². The number of carbonyl (C=O) groups is 2. The molecule has 41 heavy (non-hydrogen) atoms. The Morgan fingerprint density at radius 3 is 1.68 bits per heavy atom. The average Bonchev–Trinajstić information content (AvgIpc) is 2.87. The first-order valence-electron chi connectivity index (χ1n) is 14.5. The van der Waals surface area contributed by atoms with Crippen molar-refractivity contribution in [1.29, 1.82) is 0 Å². The van der Waals surface area contributed by atoms with Gasteiger partial charge in [0.2, 0.25) is 0 Å². The predicted molar refractivity (Wildman–Crippen MR) is 168 cm³/mol. The molecular formula is C34H52O6Si. The van der Waals surface area contributed by atoms with Crippen LogP contribution < -0.4 is 10.4 Å². The van der Waals surface area contributed by atoms with E-state index in [4.69, 9.17) is 13.9 Å². The van der Waals surface area contributed by atoms with Crippen molar-refractivity contribution in [3.05, 3.63) is 60.7 Å². The molecule has 7 heteroatoms. The second-order valence-electron chi connectivity index (χ2n) is 14.1. The van der Waals surface area contributed by atoms with Crippen molar-refractivity contribution in [3.8, 4) is 0 Å². The zero-order chi connectivity index (χ0) is 31.3. The van der Waals surface area contributed by atoms with Crippen molar-refractivity contribution in [3.63, 3.8) is 0 Å². The number of methoxy groups -OCH3 is 1. The summed E-state index contributed by atoms with van der Waals surface area (Å²) < 4.78 is 18.3. The van der Waals surface area contributed by atoms with E-state index in [1.54, 1.807) is 41.7 Å². The Hall–Kier alpha value is -2.32. The highest BCUT2D eigenvalue weighted by molar-refractivity contribution is 6.99. The zero-order valence-corrected chi connectivity index (χ0v) is 28.0. The van der Waals surface area contributed by atoms with E-state index in [-0.39, 0.29) is 11.0 Å². The number of carbonyl (C=O) groups excluding carboxylic acids is 2. The van der Waals surface area contributed by atoms with E-state index in [0.717, 1.165) is 0 Å². The van der Waals surface area contributed by atoms with Gasteiger partial charge in [-0.3, -0.25) is 9.59 Å². The highest BCUT2D eigenvalue weighted by Crippen LogP contribution is 2.39. The Morgan fingerprint density at radius 1 is 0.829 bits per heavy atom. The lowest BCUT2D eigenvalue weighted by Gasteiger charge is -2.45. The van der Waals surface area contributed by atoms with E-state index in [2.05, 4.69) is 76.2 Å². The van der Waals surface area contributed by atoms with Crippen molar-refractivity contribution in [2.75, 3.05) is 13.7 Å². The van der Waals surface area contributed by atoms with E-state index < -0.39 is 49.2 Å². The molecule has 0 fully saturated rings. The Balaban J connectivity index is 2.30. The third-order valence-electron chi connectivity index (χ3n) is 7.93. The van der Waals surface area contributed by atoms with E-state index >= 15 is 0 Å². The average molecular weight is 585 g/mol. The van der Waals surface area contributed by atoms with Gasteiger partial charge in [-0.2, -0.15) is 0 Å². The molecule has 2 rings (SSSR count). The molecule has 0 unspecified atom stereocenters. The second-order valence-corrected chi connectivity index (χ2v) is 18.4. The summed E-state index contributed by atoms with van der Waals surface area (Å²) in [5.74, 6) is -0.999. The van der Waals surface area contributed by atoms with Crippen LogP contribution in [-0.2, 0) is 23.5 Å². The van der Waals surface area contributed by atoms with Gasteiger partial charge >= 0.3 is 5.97 Å². The van der Waals surface area contributed by atoms with Gasteiger partial charge in [-0.25, -0.2) is 0 Å². The molecule has 2 aromatic carbocycles. The molecule has 0 radical (unpaired) electrons. The fraction of sp³-hybridized carbons (Fsp3) is 0.588. The molecular weight excluding hydrogens is 532 g/mol. The maximum absolute atomic E-state index is 13.2. The lowest BCUT2D eigenvalue weighted by molar-refractivity contribution is -0.168. The summed E-state index contributed by atoms with van der Waals surface area (Å²) in [6, 6.07) is 21.0. The van der Waals surface area contributed by atoms with Gasteiger partial charge in [0.15, 0.2) is 5.78 Å². The van der Waals surface area contributed by atoms with Crippen LogP contribution in [0.2, 0.25) is 5.04 Å². The normalized spacial score (nSPS) is 16.0. The quantitative estimate of drug-likeness (QED) is 0.185. The number of benzene rings is 2. The van der Waals surface area contributed by atoms with Crippen LogP contribution in [0.25, 0.3) is 0 Å². The standard InChI is InChI=1S/C34H52O6Si/c1-25(23-34(10,38-11)30(37)33(8,9)28(35)22-29(36)40-31(2,3)4)24-39-41(32(5,6)7,26-18-14-12-15-19-26)27-20-16-13-17-21-27/h12-21,25,30,37H,22-24H2,1-11H3/t25-,30+,34-/m1/s1. The smallest absolute Gasteiger partial charge is 0.313 e. The molecule has 228 valence electrons. The highest BCUT2D eigenvalue weighted by Gasteiger charge is 2.51. The van der Waals surface area contributed by atoms with Crippen molar-refractivity contribution < 1.29 is 28.6 Å². The van der Waals surface area contributed by atoms with Crippen LogP contribution in [-0.4, -0.2) is 56.2 Å². The fourth-order valence-corrected chi connectivity index (χ4v) is 10.4. The highest BCUT2D eigenvalue weighted by atomic mass is 28.4. The summed E-state index contributed by atoms with van der Waals surface area (Å²) >= 11 is 0. The summed E-state index contributed by atoms with van der Waals surface area (Å²) in [4.78, 5) is 25.6. The van der Waals surface area contributed by atoms with Crippen molar-refractivity contribution in [1.82, 2.24) is 0 Å². The van der Waals surface area contributed by atoms with E-state index in [0.29, 0.717) is 13.0 Å². The Bertz CT molecular complexity index is 1090. The molecule has 0 saturated heterocycles. The number of Topliss-reactive ketones (excluding diaryl/α,β-unsaturated/α-hetero) is 1. The van der Waals surface area contributed by atoms with Crippen LogP contribution in [0.4, 0.5) is 0 Å². The molecule has 0 saturated carbocycles. The number of esters is 1. The molecule has 0 amide bonds. The first-order valence-corrected chi connectivity index (χ1v) is 16.4. The number of ketones is 1. The van der Waals surface area contributed by atoms with E-state index in [9.17, 15) is 14.7 Å². The van der Waals surface area contributed by atoms with Gasteiger partial charge in [-0.1, -0.05) is 102 Å². The predicted octanol–water partition coefficient (Wildman–Crippen LogP) is 5.68. The third kappa shape index (κ3) is 8.37. The number of hydrogen-bond acceptors (Lipinski definition) is 6. The third-order valence-corrected chi connectivity index (χ3v) is 12.9. The van der Waals surface area contributed by atoms with Gasteiger partial charge in [-0.05, 0) is 55.4 Å². The van der Waals surface area contributed by atoms with Crippen LogP contribution in [0.15, 0.2) is 60.7 Å². The fourth-order valence-electron chi connectivity index (χ4n) is 5.74. The number of rotatable bonds is 13. The van der Waals surface area contributed by atoms with Gasteiger partial charge in [-0.15, -0.1) is 0 Å². The monoisotopic (exact) mass is 584 g/mol.